The molecule has 0 radical (unpaired) electrons. The summed E-state index contributed by atoms with van der Waals surface area (Å²) >= 11 is 0. The van der Waals surface area contributed by atoms with E-state index in [4.69, 9.17) is 4.42 Å². The number of sulfonamides is 1. The van der Waals surface area contributed by atoms with E-state index in [1.54, 1.807) is 6.20 Å². The summed E-state index contributed by atoms with van der Waals surface area (Å²) in [5.41, 5.74) is -0.301. The van der Waals surface area contributed by atoms with Crippen LogP contribution in [0, 0.1) is 24.0 Å². The molecule has 3 heterocycles. The number of aromatic nitrogens is 1. The van der Waals surface area contributed by atoms with E-state index >= 15 is 0 Å². The van der Waals surface area contributed by atoms with Crippen LogP contribution in [0.2, 0.25) is 0 Å². The van der Waals surface area contributed by atoms with E-state index in [0.717, 1.165) is 18.7 Å². The third-order valence-electron chi connectivity index (χ3n) is 5.21. The molecule has 26 heavy (non-hydrogen) atoms. The largest absolute Gasteiger partial charge is 0.446 e. The number of aryl methyl sites for hydroxylation is 1. The first-order chi connectivity index (χ1) is 12.2. The molecule has 1 unspecified atom stereocenters. The van der Waals surface area contributed by atoms with E-state index in [2.05, 4.69) is 9.88 Å². The summed E-state index contributed by atoms with van der Waals surface area (Å²) in [6, 6.07) is 2.35. The van der Waals surface area contributed by atoms with Gasteiger partial charge in [-0.1, -0.05) is 0 Å². The summed E-state index contributed by atoms with van der Waals surface area (Å²) in [5.74, 6) is -0.513. The second-order valence-electron chi connectivity index (χ2n) is 7.30. The van der Waals surface area contributed by atoms with E-state index in [1.807, 2.05) is 14.0 Å². The first-order valence-electron chi connectivity index (χ1n) is 8.27. The number of hydrogen-bond acceptors (Lipinski definition) is 5. The fourth-order valence-corrected chi connectivity index (χ4v) is 5.74. The van der Waals surface area contributed by atoms with Crippen molar-refractivity contribution in [2.75, 3.05) is 33.2 Å². The van der Waals surface area contributed by atoms with Gasteiger partial charge in [0.2, 0.25) is 10.0 Å². The van der Waals surface area contributed by atoms with Gasteiger partial charge in [0.05, 0.1) is 17.0 Å². The van der Waals surface area contributed by atoms with E-state index < -0.39 is 21.7 Å². The Kier molecular flexibility index (Phi) is 3.94. The van der Waals surface area contributed by atoms with Crippen LogP contribution in [0.5, 0.6) is 0 Å². The molecule has 0 saturated carbocycles. The van der Waals surface area contributed by atoms with Gasteiger partial charge in [0.25, 0.3) is 0 Å². The maximum atomic E-state index is 13.4. The van der Waals surface area contributed by atoms with Crippen LogP contribution < -0.4 is 0 Å². The summed E-state index contributed by atoms with van der Waals surface area (Å²) in [4.78, 5) is 6.08. The van der Waals surface area contributed by atoms with Gasteiger partial charge in [-0.05, 0) is 26.1 Å². The van der Waals surface area contributed by atoms with Crippen LogP contribution in [0.3, 0.4) is 0 Å². The van der Waals surface area contributed by atoms with Gasteiger partial charge < -0.3 is 9.32 Å². The number of halogens is 2. The minimum absolute atomic E-state index is 0.0168. The van der Waals surface area contributed by atoms with Crippen LogP contribution in [-0.4, -0.2) is 55.8 Å². The average molecular weight is 383 g/mol. The summed E-state index contributed by atoms with van der Waals surface area (Å²) in [6.45, 7) is 3.79. The Morgan fingerprint density at radius 1 is 1.19 bits per heavy atom. The maximum Gasteiger partial charge on any atom is 0.243 e. The maximum absolute atomic E-state index is 13.4. The Morgan fingerprint density at radius 3 is 2.42 bits per heavy atom. The highest BCUT2D eigenvalue weighted by molar-refractivity contribution is 7.89. The molecule has 1 atom stereocenters. The zero-order chi connectivity index (χ0) is 18.7. The van der Waals surface area contributed by atoms with Gasteiger partial charge in [-0.25, -0.2) is 22.2 Å². The highest BCUT2D eigenvalue weighted by atomic mass is 32.2. The fraction of sp³-hybridized carbons (Fsp3) is 0.471. The first-order valence-corrected chi connectivity index (χ1v) is 9.71. The van der Waals surface area contributed by atoms with Crippen LogP contribution in [0.25, 0.3) is 0 Å². The monoisotopic (exact) mass is 383 g/mol. The average Bonchev–Trinajstić information content (AvgIpc) is 3.07. The lowest BCUT2D eigenvalue weighted by atomic mass is 9.73. The minimum atomic E-state index is -3.94. The van der Waals surface area contributed by atoms with Gasteiger partial charge in [-0.15, -0.1) is 0 Å². The second kappa shape index (κ2) is 5.83. The molecule has 2 saturated heterocycles. The number of oxazole rings is 1. The Labute approximate surface area is 150 Å². The Balaban J connectivity index is 1.60. The zero-order valence-corrected chi connectivity index (χ0v) is 15.3. The molecule has 2 aromatic rings. The molecule has 1 aromatic carbocycles. The molecule has 6 nitrogen and oxygen atoms in total. The quantitative estimate of drug-likeness (QED) is 0.811. The lowest BCUT2D eigenvalue weighted by Gasteiger charge is -2.49. The normalized spacial score (nSPS) is 23.5. The molecular formula is C17H19F2N3O3S. The second-order valence-corrected chi connectivity index (χ2v) is 9.24. The summed E-state index contributed by atoms with van der Waals surface area (Å²) in [7, 11) is -1.98. The molecule has 1 spiro atoms. The summed E-state index contributed by atoms with van der Waals surface area (Å²) < 4.78 is 59.3. The fourth-order valence-electron chi connectivity index (χ4n) is 4.06. The molecule has 0 bridgehead atoms. The van der Waals surface area contributed by atoms with Crippen LogP contribution in [0.1, 0.15) is 17.6 Å². The zero-order valence-electron chi connectivity index (χ0n) is 14.4. The number of hydrogen-bond donors (Lipinski definition) is 0. The van der Waals surface area contributed by atoms with Gasteiger partial charge in [0, 0.05) is 37.7 Å². The Hall–Kier alpha value is -1.84. The van der Waals surface area contributed by atoms with Gasteiger partial charge in [-0.2, -0.15) is 4.31 Å². The summed E-state index contributed by atoms with van der Waals surface area (Å²) in [5, 5.41) is 0. The van der Waals surface area contributed by atoms with Crippen LogP contribution in [0.4, 0.5) is 8.78 Å². The Bertz CT molecular complexity index is 934. The van der Waals surface area contributed by atoms with Crippen LogP contribution >= 0.6 is 0 Å². The van der Waals surface area contributed by atoms with Crippen LogP contribution in [0.15, 0.2) is 33.7 Å². The van der Waals surface area contributed by atoms with Crippen molar-refractivity contribution in [3.8, 4) is 0 Å². The van der Waals surface area contributed by atoms with Crippen molar-refractivity contribution in [2.24, 2.45) is 5.41 Å². The van der Waals surface area contributed by atoms with Gasteiger partial charge in [-0.3, -0.25) is 0 Å². The molecule has 4 rings (SSSR count). The molecule has 0 aliphatic carbocycles. The molecule has 2 aliphatic heterocycles. The highest BCUT2D eigenvalue weighted by Gasteiger charge is 2.58. The van der Waals surface area contributed by atoms with E-state index in [0.29, 0.717) is 24.3 Å². The number of benzene rings is 1. The lowest BCUT2D eigenvalue weighted by Crippen LogP contribution is -2.61. The standard InChI is InChI=1S/C17H19F2N3O3S/c1-11-6-20-16(25-11)15-7-21(2)8-17(15)9-22(10-17)26(23,24)14-4-12(18)3-13(19)5-14/h3-6,15H,7-10H2,1-2H3. The van der Waals surface area contributed by atoms with Crippen molar-refractivity contribution in [2.45, 2.75) is 17.7 Å². The lowest BCUT2D eigenvalue weighted by molar-refractivity contribution is 0.0581. The Morgan fingerprint density at radius 2 is 1.85 bits per heavy atom. The van der Waals surface area contributed by atoms with Gasteiger partial charge >= 0.3 is 0 Å². The van der Waals surface area contributed by atoms with E-state index in [1.165, 1.54) is 4.31 Å². The third kappa shape index (κ3) is 2.74. The third-order valence-corrected chi connectivity index (χ3v) is 6.98. The number of nitrogens with zero attached hydrogens (tertiary/aromatic N) is 3. The first kappa shape index (κ1) is 17.6. The van der Waals surface area contributed by atoms with Crippen molar-refractivity contribution in [3.05, 3.63) is 47.7 Å². The topological polar surface area (TPSA) is 66.7 Å². The van der Waals surface area contributed by atoms with Gasteiger partial charge in [0.1, 0.15) is 17.4 Å². The molecule has 140 valence electrons. The van der Waals surface area contributed by atoms with Crippen molar-refractivity contribution in [1.29, 1.82) is 0 Å². The predicted molar refractivity (Wildman–Crippen MR) is 89.0 cm³/mol. The predicted octanol–water partition coefficient (Wildman–Crippen LogP) is 1.98. The SMILES string of the molecule is Cc1cnc(C2CN(C)CC23CN(S(=O)(=O)c2cc(F)cc(F)c2)C3)o1. The molecule has 0 amide bonds. The molecule has 2 aliphatic rings. The van der Waals surface area contributed by atoms with Crippen molar-refractivity contribution in [1.82, 2.24) is 14.2 Å². The van der Waals surface area contributed by atoms with E-state index in [9.17, 15) is 17.2 Å². The van der Waals surface area contributed by atoms with Gasteiger partial charge in [0.15, 0.2) is 5.89 Å². The molecule has 1 aromatic heterocycles. The van der Waals surface area contributed by atoms with Crippen molar-refractivity contribution >= 4 is 10.0 Å². The molecule has 0 N–H and O–H groups in total. The summed E-state index contributed by atoms with van der Waals surface area (Å²) in [6.07, 6.45) is 1.66. The minimum Gasteiger partial charge on any atom is -0.446 e. The van der Waals surface area contributed by atoms with Crippen LogP contribution in [-0.2, 0) is 10.0 Å². The number of rotatable bonds is 3. The van der Waals surface area contributed by atoms with Crippen molar-refractivity contribution < 1.29 is 21.6 Å². The number of likely N-dealkylation sites (tertiary alicyclic amines) is 1. The smallest absolute Gasteiger partial charge is 0.243 e. The van der Waals surface area contributed by atoms with E-state index in [-0.39, 0.29) is 29.3 Å². The molecule has 2 fully saturated rings. The molecule has 9 heteroatoms. The van der Waals surface area contributed by atoms with Crippen molar-refractivity contribution in [3.63, 3.8) is 0 Å². The highest BCUT2D eigenvalue weighted by Crippen LogP contribution is 2.50. The molecular weight excluding hydrogens is 364 g/mol. The number of likely N-dealkylation sites (N-methyl/N-ethyl adjacent to an activating group) is 1.